The first-order valence-corrected chi connectivity index (χ1v) is 8.44. The van der Waals surface area contributed by atoms with E-state index in [0.29, 0.717) is 12.6 Å². The normalized spacial score (nSPS) is 14.7. The molecule has 0 radical (unpaired) electrons. The van der Waals surface area contributed by atoms with E-state index in [-0.39, 0.29) is 11.3 Å². The van der Waals surface area contributed by atoms with Gasteiger partial charge >= 0.3 is 0 Å². The van der Waals surface area contributed by atoms with Crippen LogP contribution in [0, 0.1) is 5.41 Å². The van der Waals surface area contributed by atoms with E-state index in [1.165, 1.54) is 11.3 Å². The highest BCUT2D eigenvalue weighted by Gasteiger charge is 2.37. The summed E-state index contributed by atoms with van der Waals surface area (Å²) in [4.78, 5) is 14.8. The van der Waals surface area contributed by atoms with Gasteiger partial charge in [0.1, 0.15) is 0 Å². The van der Waals surface area contributed by atoms with Crippen LogP contribution in [0.4, 0.5) is 0 Å². The maximum Gasteiger partial charge on any atom is 0.228 e. The lowest BCUT2D eigenvalue weighted by Gasteiger charge is -2.30. The lowest BCUT2D eigenvalue weighted by Crippen LogP contribution is -2.40. The summed E-state index contributed by atoms with van der Waals surface area (Å²) in [6, 6.07) is 15.1. The topological polar surface area (TPSA) is 25.2 Å². The number of benzene rings is 1. The van der Waals surface area contributed by atoms with Crippen LogP contribution in [0.25, 0.3) is 0 Å². The van der Waals surface area contributed by atoms with E-state index >= 15 is 0 Å². The molecule has 1 heterocycles. The van der Waals surface area contributed by atoms with Crippen molar-refractivity contribution in [2.75, 3.05) is 0 Å². The summed E-state index contributed by atoms with van der Waals surface area (Å²) in [5.41, 5.74) is 2.17. The molecule has 1 aliphatic carbocycles. The number of amides is 1. The molecule has 0 bridgehead atoms. The highest BCUT2D eigenvalue weighted by atomic mass is 16.2. The fourth-order valence-electron chi connectivity index (χ4n) is 2.89. The van der Waals surface area contributed by atoms with Gasteiger partial charge in [-0.2, -0.15) is 0 Å². The van der Waals surface area contributed by atoms with E-state index in [4.69, 9.17) is 0 Å². The molecule has 1 aromatic carbocycles. The van der Waals surface area contributed by atoms with Gasteiger partial charge in [0.15, 0.2) is 0 Å². The Hall–Kier alpha value is -2.03. The Kier molecular flexibility index (Phi) is 4.29. The van der Waals surface area contributed by atoms with Gasteiger partial charge in [0.2, 0.25) is 5.91 Å². The van der Waals surface area contributed by atoms with Gasteiger partial charge in [-0.1, -0.05) is 51.1 Å². The SMILES string of the molecule is CC(C)(C)C(=O)N(Cc1cccn1Cc1ccccc1)C1CC1. The smallest absolute Gasteiger partial charge is 0.228 e. The van der Waals surface area contributed by atoms with Crippen molar-refractivity contribution in [3.05, 3.63) is 59.9 Å². The zero-order valence-electron chi connectivity index (χ0n) is 14.3. The van der Waals surface area contributed by atoms with Crippen LogP contribution in [-0.4, -0.2) is 21.4 Å². The first-order chi connectivity index (χ1) is 10.9. The molecule has 1 aliphatic rings. The van der Waals surface area contributed by atoms with Gasteiger partial charge < -0.3 is 9.47 Å². The molecule has 0 atom stereocenters. The van der Waals surface area contributed by atoms with Crippen LogP contribution in [0.15, 0.2) is 48.7 Å². The van der Waals surface area contributed by atoms with Crippen LogP contribution in [-0.2, 0) is 17.9 Å². The summed E-state index contributed by atoms with van der Waals surface area (Å²) < 4.78 is 2.25. The Morgan fingerprint density at radius 2 is 1.83 bits per heavy atom. The van der Waals surface area contributed by atoms with E-state index in [2.05, 4.69) is 52.1 Å². The Labute approximate surface area is 138 Å². The zero-order valence-corrected chi connectivity index (χ0v) is 14.3. The summed E-state index contributed by atoms with van der Waals surface area (Å²) in [5, 5.41) is 0. The first kappa shape index (κ1) is 15.9. The highest BCUT2D eigenvalue weighted by Crippen LogP contribution is 2.32. The molecule has 1 saturated carbocycles. The van der Waals surface area contributed by atoms with Gasteiger partial charge in [-0.25, -0.2) is 0 Å². The minimum Gasteiger partial charge on any atom is -0.345 e. The molecular weight excluding hydrogens is 284 g/mol. The van der Waals surface area contributed by atoms with Gasteiger partial charge in [-0.15, -0.1) is 0 Å². The van der Waals surface area contributed by atoms with Gasteiger partial charge in [0, 0.05) is 29.9 Å². The van der Waals surface area contributed by atoms with Crippen LogP contribution >= 0.6 is 0 Å². The minimum atomic E-state index is -0.320. The van der Waals surface area contributed by atoms with Crippen molar-refractivity contribution < 1.29 is 4.79 Å². The van der Waals surface area contributed by atoms with Crippen LogP contribution in [0.2, 0.25) is 0 Å². The third kappa shape index (κ3) is 3.84. The van der Waals surface area contributed by atoms with Gasteiger partial charge in [0.25, 0.3) is 0 Å². The molecule has 1 fully saturated rings. The first-order valence-electron chi connectivity index (χ1n) is 8.44. The largest absolute Gasteiger partial charge is 0.345 e. The van der Waals surface area contributed by atoms with Gasteiger partial charge in [0.05, 0.1) is 6.54 Å². The third-order valence-corrected chi connectivity index (χ3v) is 4.34. The average molecular weight is 310 g/mol. The van der Waals surface area contributed by atoms with E-state index in [9.17, 15) is 4.79 Å². The molecule has 0 N–H and O–H groups in total. The van der Waals surface area contributed by atoms with Crippen molar-refractivity contribution in [2.24, 2.45) is 5.41 Å². The fraction of sp³-hybridized carbons (Fsp3) is 0.450. The van der Waals surface area contributed by atoms with Crippen LogP contribution < -0.4 is 0 Å². The van der Waals surface area contributed by atoms with Crippen molar-refractivity contribution in [3.63, 3.8) is 0 Å². The summed E-state index contributed by atoms with van der Waals surface area (Å²) >= 11 is 0. The van der Waals surface area contributed by atoms with E-state index < -0.39 is 0 Å². The van der Waals surface area contributed by atoms with Crippen molar-refractivity contribution in [3.8, 4) is 0 Å². The molecular formula is C20H26N2O. The molecule has 1 aromatic heterocycles. The molecule has 3 heteroatoms. The number of nitrogens with zero attached hydrogens (tertiary/aromatic N) is 2. The minimum absolute atomic E-state index is 0.257. The van der Waals surface area contributed by atoms with Crippen molar-refractivity contribution in [1.29, 1.82) is 0 Å². The summed E-state index contributed by atoms with van der Waals surface area (Å²) in [6.45, 7) is 7.58. The zero-order chi connectivity index (χ0) is 16.4. The highest BCUT2D eigenvalue weighted by molar-refractivity contribution is 5.82. The van der Waals surface area contributed by atoms with E-state index in [0.717, 1.165) is 19.4 Å². The Morgan fingerprint density at radius 1 is 1.13 bits per heavy atom. The predicted molar refractivity (Wildman–Crippen MR) is 93.0 cm³/mol. The lowest BCUT2D eigenvalue weighted by molar-refractivity contribution is -0.140. The quantitative estimate of drug-likeness (QED) is 0.817. The lowest BCUT2D eigenvalue weighted by atomic mass is 9.94. The second-order valence-electron chi connectivity index (χ2n) is 7.53. The molecule has 0 unspecified atom stereocenters. The van der Waals surface area contributed by atoms with Crippen LogP contribution in [0.5, 0.6) is 0 Å². The van der Waals surface area contributed by atoms with Crippen LogP contribution in [0.3, 0.4) is 0 Å². The van der Waals surface area contributed by atoms with E-state index in [1.54, 1.807) is 0 Å². The Bertz CT molecular complexity index is 662. The molecule has 3 rings (SSSR count). The molecule has 1 amide bonds. The molecule has 122 valence electrons. The Balaban J connectivity index is 1.77. The number of hydrogen-bond acceptors (Lipinski definition) is 1. The Morgan fingerprint density at radius 3 is 2.43 bits per heavy atom. The molecule has 0 aliphatic heterocycles. The summed E-state index contributed by atoms with van der Waals surface area (Å²) in [6.07, 6.45) is 4.39. The maximum atomic E-state index is 12.8. The summed E-state index contributed by atoms with van der Waals surface area (Å²) in [7, 11) is 0. The predicted octanol–water partition coefficient (Wildman–Crippen LogP) is 4.07. The fourth-order valence-corrected chi connectivity index (χ4v) is 2.89. The average Bonchev–Trinajstić information content (AvgIpc) is 3.26. The number of rotatable bonds is 5. The summed E-state index contributed by atoms with van der Waals surface area (Å²) in [5.74, 6) is 0.257. The molecule has 3 nitrogen and oxygen atoms in total. The number of carbonyl (C=O) groups excluding carboxylic acids is 1. The van der Waals surface area contributed by atoms with Gasteiger partial charge in [-0.3, -0.25) is 4.79 Å². The number of aromatic nitrogens is 1. The third-order valence-electron chi connectivity index (χ3n) is 4.34. The van der Waals surface area contributed by atoms with Gasteiger partial charge in [-0.05, 0) is 30.5 Å². The van der Waals surface area contributed by atoms with Crippen molar-refractivity contribution in [1.82, 2.24) is 9.47 Å². The maximum absolute atomic E-state index is 12.8. The second-order valence-corrected chi connectivity index (χ2v) is 7.53. The molecule has 23 heavy (non-hydrogen) atoms. The molecule has 2 aromatic rings. The monoisotopic (exact) mass is 310 g/mol. The van der Waals surface area contributed by atoms with E-state index in [1.807, 2.05) is 26.8 Å². The van der Waals surface area contributed by atoms with Crippen LogP contribution in [0.1, 0.15) is 44.9 Å². The second kappa shape index (κ2) is 6.23. The molecule has 0 saturated heterocycles. The number of hydrogen-bond donors (Lipinski definition) is 0. The number of carbonyl (C=O) groups is 1. The van der Waals surface area contributed by atoms with Crippen molar-refractivity contribution >= 4 is 5.91 Å². The standard InChI is InChI=1S/C20H26N2O/c1-20(2,3)19(23)22(17-11-12-17)15-18-10-7-13-21(18)14-16-8-5-4-6-9-16/h4-10,13,17H,11-12,14-15H2,1-3H3. The molecule has 0 spiro atoms. The van der Waals surface area contributed by atoms with Crippen molar-refractivity contribution in [2.45, 2.75) is 52.7 Å².